The fraction of sp³-hybridized carbons (Fsp3) is 0.435. The SMILES string of the molecule is C[C@H](O)[C@H](N)C(=O)N1CCC(Nc2ccc3c(c2)CN(S(=O)(=O)c2ccc(O)cc2O)C3)CC1. The normalized spacial score (nSPS) is 19.0. The number of carbonyl (C=O) groups is 1. The molecular weight excluding hydrogens is 460 g/mol. The number of piperidine rings is 1. The number of carbonyl (C=O) groups excluding carboxylic acids is 1. The number of likely N-dealkylation sites (tertiary alicyclic amines) is 1. The average Bonchev–Trinajstić information content (AvgIpc) is 3.23. The van der Waals surface area contributed by atoms with Gasteiger partial charge in [0.15, 0.2) is 0 Å². The average molecular weight is 491 g/mol. The molecule has 4 rings (SSSR count). The number of amides is 1. The zero-order valence-electron chi connectivity index (χ0n) is 18.9. The number of anilines is 1. The number of aliphatic hydroxyl groups excluding tert-OH is 1. The van der Waals surface area contributed by atoms with Crippen molar-refractivity contribution in [3.8, 4) is 11.5 Å². The molecule has 1 fully saturated rings. The van der Waals surface area contributed by atoms with E-state index in [1.807, 2.05) is 18.2 Å². The van der Waals surface area contributed by atoms with Gasteiger partial charge in [0.1, 0.15) is 22.4 Å². The highest BCUT2D eigenvalue weighted by atomic mass is 32.2. The number of nitrogens with two attached hydrogens (primary N) is 1. The van der Waals surface area contributed by atoms with Gasteiger partial charge in [-0.05, 0) is 55.2 Å². The van der Waals surface area contributed by atoms with Gasteiger partial charge in [0, 0.05) is 44.0 Å². The number of sulfonamides is 1. The van der Waals surface area contributed by atoms with Gasteiger partial charge in [-0.1, -0.05) is 6.07 Å². The van der Waals surface area contributed by atoms with E-state index in [2.05, 4.69) is 5.32 Å². The predicted molar refractivity (Wildman–Crippen MR) is 126 cm³/mol. The van der Waals surface area contributed by atoms with Crippen molar-refractivity contribution in [3.05, 3.63) is 47.5 Å². The summed E-state index contributed by atoms with van der Waals surface area (Å²) in [6.07, 6.45) is 0.572. The van der Waals surface area contributed by atoms with Crippen LogP contribution >= 0.6 is 0 Å². The Bertz CT molecular complexity index is 1180. The summed E-state index contributed by atoms with van der Waals surface area (Å²) in [6.45, 7) is 2.97. The molecule has 0 aliphatic carbocycles. The van der Waals surface area contributed by atoms with Crippen LogP contribution in [0, 0.1) is 0 Å². The van der Waals surface area contributed by atoms with Crippen molar-refractivity contribution < 1.29 is 28.5 Å². The molecule has 2 atom stereocenters. The van der Waals surface area contributed by atoms with Gasteiger partial charge >= 0.3 is 0 Å². The molecule has 2 aromatic rings. The van der Waals surface area contributed by atoms with Crippen molar-refractivity contribution in [2.75, 3.05) is 18.4 Å². The van der Waals surface area contributed by atoms with Crippen molar-refractivity contribution in [1.29, 1.82) is 0 Å². The minimum atomic E-state index is -3.94. The van der Waals surface area contributed by atoms with E-state index >= 15 is 0 Å². The molecule has 11 heteroatoms. The summed E-state index contributed by atoms with van der Waals surface area (Å²) in [4.78, 5) is 13.8. The first kappa shape index (κ1) is 24.3. The summed E-state index contributed by atoms with van der Waals surface area (Å²) in [7, 11) is -3.94. The van der Waals surface area contributed by atoms with Crippen LogP contribution < -0.4 is 11.1 Å². The maximum atomic E-state index is 13.0. The van der Waals surface area contributed by atoms with Crippen LogP contribution in [0.4, 0.5) is 5.69 Å². The number of nitrogens with one attached hydrogen (secondary N) is 1. The Morgan fingerprint density at radius 1 is 1.09 bits per heavy atom. The lowest BCUT2D eigenvalue weighted by molar-refractivity contribution is -0.135. The number of hydrogen-bond acceptors (Lipinski definition) is 8. The molecule has 184 valence electrons. The Morgan fingerprint density at radius 3 is 2.41 bits per heavy atom. The quantitative estimate of drug-likeness (QED) is 0.400. The summed E-state index contributed by atoms with van der Waals surface area (Å²) in [6, 6.07) is 8.41. The molecule has 2 heterocycles. The van der Waals surface area contributed by atoms with Crippen molar-refractivity contribution in [3.63, 3.8) is 0 Å². The number of hydrogen-bond donors (Lipinski definition) is 5. The van der Waals surface area contributed by atoms with Gasteiger partial charge < -0.3 is 31.3 Å². The zero-order chi connectivity index (χ0) is 24.6. The van der Waals surface area contributed by atoms with E-state index < -0.39 is 27.9 Å². The number of aromatic hydroxyl groups is 2. The molecule has 0 aromatic heterocycles. The van der Waals surface area contributed by atoms with E-state index in [1.54, 1.807) is 4.90 Å². The minimum Gasteiger partial charge on any atom is -0.508 e. The van der Waals surface area contributed by atoms with E-state index in [0.29, 0.717) is 13.1 Å². The Labute approximate surface area is 198 Å². The lowest BCUT2D eigenvalue weighted by Crippen LogP contribution is -2.52. The summed E-state index contributed by atoms with van der Waals surface area (Å²) in [5.41, 5.74) is 8.40. The fourth-order valence-electron chi connectivity index (χ4n) is 4.38. The topological polar surface area (TPSA) is 156 Å². The number of phenols is 2. The molecule has 2 aliphatic heterocycles. The third-order valence-electron chi connectivity index (χ3n) is 6.44. The van der Waals surface area contributed by atoms with Crippen LogP contribution in [0.25, 0.3) is 0 Å². The van der Waals surface area contributed by atoms with Gasteiger partial charge in [-0.3, -0.25) is 4.79 Å². The van der Waals surface area contributed by atoms with Crippen molar-refractivity contribution in [2.45, 2.75) is 55.9 Å². The van der Waals surface area contributed by atoms with Crippen molar-refractivity contribution in [2.24, 2.45) is 5.73 Å². The highest BCUT2D eigenvalue weighted by molar-refractivity contribution is 7.89. The van der Waals surface area contributed by atoms with Crippen LogP contribution in [0.2, 0.25) is 0 Å². The number of nitrogens with zero attached hydrogens (tertiary/aromatic N) is 2. The molecule has 6 N–H and O–H groups in total. The molecule has 10 nitrogen and oxygen atoms in total. The van der Waals surface area contributed by atoms with Crippen molar-refractivity contribution >= 4 is 21.6 Å². The lowest BCUT2D eigenvalue weighted by Gasteiger charge is -2.34. The molecule has 0 radical (unpaired) electrons. The maximum Gasteiger partial charge on any atom is 0.247 e. The second-order valence-corrected chi connectivity index (χ2v) is 10.8. The second kappa shape index (κ2) is 9.41. The number of fused-ring (bicyclic) bond motifs is 1. The monoisotopic (exact) mass is 490 g/mol. The molecule has 2 aliphatic rings. The van der Waals surface area contributed by atoms with Gasteiger partial charge in [0.25, 0.3) is 0 Å². The van der Waals surface area contributed by atoms with Crippen molar-refractivity contribution in [1.82, 2.24) is 9.21 Å². The van der Waals surface area contributed by atoms with E-state index in [4.69, 9.17) is 5.73 Å². The summed E-state index contributed by atoms with van der Waals surface area (Å²) in [5, 5.41) is 32.5. The summed E-state index contributed by atoms with van der Waals surface area (Å²) >= 11 is 0. The van der Waals surface area contributed by atoms with Crippen LogP contribution in [-0.4, -0.2) is 70.1 Å². The molecule has 2 aromatic carbocycles. The third kappa shape index (κ3) is 4.83. The van der Waals surface area contributed by atoms with Crippen LogP contribution in [-0.2, 0) is 27.9 Å². The van der Waals surface area contributed by atoms with E-state index in [0.717, 1.165) is 35.7 Å². The molecule has 1 saturated heterocycles. The summed E-state index contributed by atoms with van der Waals surface area (Å²) < 4.78 is 27.3. The Kier molecular flexibility index (Phi) is 6.72. The van der Waals surface area contributed by atoms with Gasteiger partial charge in [-0.25, -0.2) is 8.42 Å². The molecule has 0 bridgehead atoms. The Hall–Kier alpha value is -2.86. The fourth-order valence-corrected chi connectivity index (χ4v) is 5.84. The van der Waals surface area contributed by atoms with E-state index in [1.165, 1.54) is 23.4 Å². The van der Waals surface area contributed by atoms with Gasteiger partial charge in [-0.2, -0.15) is 4.31 Å². The first-order valence-electron chi connectivity index (χ1n) is 11.2. The minimum absolute atomic E-state index is 0.153. The van der Waals surface area contributed by atoms with Gasteiger partial charge in [0.05, 0.1) is 6.10 Å². The third-order valence-corrected chi connectivity index (χ3v) is 8.28. The summed E-state index contributed by atoms with van der Waals surface area (Å²) in [5.74, 6) is -0.942. The molecule has 0 saturated carbocycles. The number of aliphatic hydroxyl groups is 1. The largest absolute Gasteiger partial charge is 0.508 e. The Balaban J connectivity index is 1.38. The highest BCUT2D eigenvalue weighted by Crippen LogP contribution is 2.35. The second-order valence-electron chi connectivity index (χ2n) is 8.92. The van der Waals surface area contributed by atoms with Crippen LogP contribution in [0.1, 0.15) is 30.9 Å². The predicted octanol–water partition coefficient (Wildman–Crippen LogP) is 0.913. The number of phenolic OH excluding ortho intramolecular Hbond substituents is 2. The van der Waals surface area contributed by atoms with Crippen LogP contribution in [0.5, 0.6) is 11.5 Å². The molecule has 0 unspecified atom stereocenters. The molecule has 1 amide bonds. The lowest BCUT2D eigenvalue weighted by atomic mass is 10.0. The van der Waals surface area contributed by atoms with E-state index in [-0.39, 0.29) is 35.7 Å². The first-order chi connectivity index (χ1) is 16.1. The zero-order valence-corrected chi connectivity index (χ0v) is 19.7. The number of benzene rings is 2. The molecular formula is C23H30N4O6S. The standard InChI is InChI=1S/C23H30N4O6S/c1-14(28)22(24)23(31)26-8-6-17(7-9-26)25-18-3-2-15-12-27(13-16(15)10-18)34(32,33)21-5-4-19(29)11-20(21)30/h2-5,10-11,14,17,22,25,28-30H,6-9,12-13,24H2,1H3/t14-,22-/m0/s1. The Morgan fingerprint density at radius 2 is 1.76 bits per heavy atom. The van der Waals surface area contributed by atoms with Gasteiger partial charge in [-0.15, -0.1) is 0 Å². The maximum absolute atomic E-state index is 13.0. The smallest absolute Gasteiger partial charge is 0.247 e. The molecule has 0 spiro atoms. The highest BCUT2D eigenvalue weighted by Gasteiger charge is 2.33. The van der Waals surface area contributed by atoms with Crippen LogP contribution in [0.3, 0.4) is 0 Å². The molecule has 34 heavy (non-hydrogen) atoms. The van der Waals surface area contributed by atoms with Gasteiger partial charge in [0.2, 0.25) is 15.9 Å². The van der Waals surface area contributed by atoms with Crippen LogP contribution in [0.15, 0.2) is 41.3 Å². The first-order valence-corrected chi connectivity index (χ1v) is 12.6. The van der Waals surface area contributed by atoms with E-state index in [9.17, 15) is 28.5 Å². The number of rotatable bonds is 6.